The first-order chi connectivity index (χ1) is 6.34. The van der Waals surface area contributed by atoms with Crippen molar-refractivity contribution in [3.8, 4) is 0 Å². The first kappa shape index (κ1) is 7.66. The highest BCUT2D eigenvalue weighted by Gasteiger charge is 2.00. The maximum absolute atomic E-state index is 10.8. The lowest BCUT2D eigenvalue weighted by Gasteiger charge is -1.93. The van der Waals surface area contributed by atoms with Crippen LogP contribution in [0, 0.1) is 0 Å². The van der Waals surface area contributed by atoms with E-state index < -0.39 is 0 Å². The molecule has 0 atom stereocenters. The average Bonchev–Trinajstić information content (AvgIpc) is 2.57. The molecule has 0 aromatic carbocycles. The van der Waals surface area contributed by atoms with Crippen LogP contribution >= 0.6 is 0 Å². The number of H-pyrrole nitrogens is 1. The van der Waals surface area contributed by atoms with E-state index in [-0.39, 0.29) is 5.69 Å². The monoisotopic (exact) mass is 178 g/mol. The van der Waals surface area contributed by atoms with Crippen molar-refractivity contribution >= 4 is 0 Å². The second-order valence-electron chi connectivity index (χ2n) is 2.47. The number of rotatable bonds is 2. The van der Waals surface area contributed by atoms with Crippen LogP contribution in [0.4, 0.5) is 0 Å². The molecule has 0 fully saturated rings. The molecule has 0 radical (unpaired) electrons. The summed E-state index contributed by atoms with van der Waals surface area (Å²) in [6.45, 7) is 0. The molecule has 0 spiro atoms. The van der Waals surface area contributed by atoms with Crippen LogP contribution in [0.3, 0.4) is 0 Å². The number of hydrogen-bond acceptors (Lipinski definition) is 5. The van der Waals surface area contributed by atoms with Crippen molar-refractivity contribution < 1.29 is 4.52 Å². The van der Waals surface area contributed by atoms with Gasteiger partial charge in [0.15, 0.2) is 0 Å². The van der Waals surface area contributed by atoms with Crippen molar-refractivity contribution in [2.24, 2.45) is 0 Å². The largest absolute Gasteiger partial charge is 0.345 e. The summed E-state index contributed by atoms with van der Waals surface area (Å²) in [7, 11) is 0. The zero-order chi connectivity index (χ0) is 9.10. The molecule has 0 amide bonds. The fourth-order valence-corrected chi connectivity index (χ4v) is 0.965. The average molecular weight is 178 g/mol. The van der Waals surface area contributed by atoms with Gasteiger partial charge >= 0.3 is 5.69 Å². The summed E-state index contributed by atoms with van der Waals surface area (Å²) in [6, 6.07) is 1.70. The van der Waals surface area contributed by atoms with Gasteiger partial charge in [0, 0.05) is 23.6 Å². The molecule has 1 N–H and O–H groups in total. The predicted molar refractivity (Wildman–Crippen MR) is 42.0 cm³/mol. The Kier molecular flexibility index (Phi) is 1.87. The number of aromatic amines is 1. The molecule has 6 nitrogen and oxygen atoms in total. The Balaban J connectivity index is 2.24. The van der Waals surface area contributed by atoms with Crippen LogP contribution in [0.25, 0.3) is 0 Å². The molecule has 0 saturated carbocycles. The Labute approximate surface area is 72.6 Å². The molecule has 13 heavy (non-hydrogen) atoms. The van der Waals surface area contributed by atoms with Crippen LogP contribution in [0.1, 0.15) is 11.4 Å². The SMILES string of the molecule is O=c1nccc(Cc2conn2)[nH]1. The summed E-state index contributed by atoms with van der Waals surface area (Å²) < 4.78 is 4.55. The van der Waals surface area contributed by atoms with Crippen molar-refractivity contribution in [1.82, 2.24) is 20.3 Å². The van der Waals surface area contributed by atoms with Gasteiger partial charge in [0.2, 0.25) is 0 Å². The third-order valence-electron chi connectivity index (χ3n) is 1.51. The summed E-state index contributed by atoms with van der Waals surface area (Å²) in [4.78, 5) is 16.9. The molecule has 2 rings (SSSR count). The maximum Gasteiger partial charge on any atom is 0.345 e. The van der Waals surface area contributed by atoms with E-state index in [4.69, 9.17) is 0 Å². The van der Waals surface area contributed by atoms with E-state index in [1.165, 1.54) is 12.5 Å². The number of nitrogens with one attached hydrogen (secondary N) is 1. The van der Waals surface area contributed by atoms with E-state index in [1.54, 1.807) is 6.07 Å². The summed E-state index contributed by atoms with van der Waals surface area (Å²) in [5.74, 6) is 0. The first-order valence-corrected chi connectivity index (χ1v) is 3.65. The minimum absolute atomic E-state index is 0.367. The first-order valence-electron chi connectivity index (χ1n) is 3.65. The van der Waals surface area contributed by atoms with Crippen molar-refractivity contribution in [1.29, 1.82) is 0 Å². The van der Waals surface area contributed by atoms with Crippen LogP contribution in [0.15, 0.2) is 27.8 Å². The van der Waals surface area contributed by atoms with Crippen LogP contribution in [0.5, 0.6) is 0 Å². The standard InChI is InChI=1S/C7H6N4O2/c12-7-8-2-1-5(9-7)3-6-4-13-11-10-6/h1-2,4H,3H2,(H,8,9,12). The van der Waals surface area contributed by atoms with Crippen LogP contribution in [-0.4, -0.2) is 20.3 Å². The van der Waals surface area contributed by atoms with Gasteiger partial charge in [-0.15, -0.1) is 5.10 Å². The van der Waals surface area contributed by atoms with Crippen molar-refractivity contribution in [3.05, 3.63) is 40.4 Å². The van der Waals surface area contributed by atoms with Gasteiger partial charge in [-0.05, 0) is 6.07 Å². The zero-order valence-corrected chi connectivity index (χ0v) is 6.60. The highest BCUT2D eigenvalue weighted by atomic mass is 16.5. The molecule has 2 aromatic rings. The van der Waals surface area contributed by atoms with E-state index in [1.807, 2.05) is 0 Å². The van der Waals surface area contributed by atoms with E-state index in [0.717, 1.165) is 5.69 Å². The molecule has 0 saturated heterocycles. The molecule has 0 aliphatic heterocycles. The molecule has 0 aliphatic carbocycles. The minimum Gasteiger partial charge on any atom is -0.345 e. The number of hydrogen-bond donors (Lipinski definition) is 1. The van der Waals surface area contributed by atoms with E-state index in [0.29, 0.717) is 12.1 Å². The third kappa shape index (κ3) is 1.78. The van der Waals surface area contributed by atoms with Gasteiger partial charge in [-0.1, -0.05) is 0 Å². The van der Waals surface area contributed by atoms with Gasteiger partial charge in [0.05, 0.1) is 0 Å². The highest BCUT2D eigenvalue weighted by Crippen LogP contribution is 1.99. The Hall–Kier alpha value is -1.98. The minimum atomic E-state index is -0.367. The molecule has 0 unspecified atom stereocenters. The maximum atomic E-state index is 10.8. The number of nitrogens with zero attached hydrogens (tertiary/aromatic N) is 3. The van der Waals surface area contributed by atoms with Crippen molar-refractivity contribution in [2.75, 3.05) is 0 Å². The Morgan fingerprint density at radius 3 is 3.15 bits per heavy atom. The molecule has 66 valence electrons. The second kappa shape index (κ2) is 3.18. The normalized spacial score (nSPS) is 10.2. The second-order valence-corrected chi connectivity index (χ2v) is 2.47. The molecular formula is C7H6N4O2. The van der Waals surface area contributed by atoms with Gasteiger partial charge in [-0.2, -0.15) is 0 Å². The smallest absolute Gasteiger partial charge is 0.345 e. The lowest BCUT2D eigenvalue weighted by molar-refractivity contribution is 0.392. The predicted octanol–water partition coefficient (Wildman–Crippen LogP) is -0.256. The van der Waals surface area contributed by atoms with Crippen LogP contribution in [0.2, 0.25) is 0 Å². The summed E-state index contributed by atoms with van der Waals surface area (Å²) >= 11 is 0. The molecule has 2 heterocycles. The number of aromatic nitrogens is 4. The Morgan fingerprint density at radius 2 is 2.46 bits per heavy atom. The van der Waals surface area contributed by atoms with Gasteiger partial charge in [0.1, 0.15) is 12.0 Å². The lowest BCUT2D eigenvalue weighted by atomic mass is 10.2. The summed E-state index contributed by atoms with van der Waals surface area (Å²) in [5, 5.41) is 6.99. The lowest BCUT2D eigenvalue weighted by Crippen LogP contribution is -2.11. The van der Waals surface area contributed by atoms with Gasteiger partial charge in [-0.3, -0.25) is 0 Å². The van der Waals surface area contributed by atoms with Gasteiger partial charge in [0.25, 0.3) is 0 Å². The van der Waals surface area contributed by atoms with E-state index in [9.17, 15) is 4.79 Å². The molecule has 0 aliphatic rings. The van der Waals surface area contributed by atoms with E-state index in [2.05, 4.69) is 24.9 Å². The molecular weight excluding hydrogens is 172 g/mol. The van der Waals surface area contributed by atoms with Crippen molar-refractivity contribution in [3.63, 3.8) is 0 Å². The van der Waals surface area contributed by atoms with Crippen molar-refractivity contribution in [2.45, 2.75) is 6.42 Å². The van der Waals surface area contributed by atoms with E-state index >= 15 is 0 Å². The quantitative estimate of drug-likeness (QED) is 0.685. The van der Waals surface area contributed by atoms with Crippen LogP contribution in [-0.2, 0) is 6.42 Å². The molecule has 2 aromatic heterocycles. The van der Waals surface area contributed by atoms with Gasteiger partial charge in [-0.25, -0.2) is 9.78 Å². The third-order valence-corrected chi connectivity index (χ3v) is 1.51. The van der Waals surface area contributed by atoms with Crippen LogP contribution < -0.4 is 5.69 Å². The zero-order valence-electron chi connectivity index (χ0n) is 6.60. The summed E-state index contributed by atoms with van der Waals surface area (Å²) in [6.07, 6.45) is 3.36. The van der Waals surface area contributed by atoms with Gasteiger partial charge < -0.3 is 9.51 Å². The Bertz CT molecular complexity index is 434. The molecule has 0 bridgehead atoms. The topological polar surface area (TPSA) is 84.7 Å². The molecule has 6 heteroatoms. The fraction of sp³-hybridized carbons (Fsp3) is 0.143. The summed E-state index contributed by atoms with van der Waals surface area (Å²) in [5.41, 5.74) is 1.03. The highest BCUT2D eigenvalue weighted by molar-refractivity contribution is 5.07. The fourth-order valence-electron chi connectivity index (χ4n) is 0.965. The Morgan fingerprint density at radius 1 is 1.54 bits per heavy atom.